The predicted octanol–water partition coefficient (Wildman–Crippen LogP) is -1.40. The molecule has 0 amide bonds. The summed E-state index contributed by atoms with van der Waals surface area (Å²) in [7, 11) is -9.83. The summed E-state index contributed by atoms with van der Waals surface area (Å²) in [5.41, 5.74) is 6.11. The molecule has 2 aromatic rings. The number of aliphatic hydroxyl groups is 2. The molecule has 1 saturated heterocycles. The Morgan fingerprint density at radius 3 is 2.45 bits per heavy atom. The number of rotatable bonds is 8. The minimum absolute atomic E-state index is 0.0739. The number of hydrogen-bond donors (Lipinski definition) is 7. The fourth-order valence-electron chi connectivity index (χ4n) is 2.80. The van der Waals surface area contributed by atoms with Crippen molar-refractivity contribution in [2.24, 2.45) is 0 Å². The fourth-order valence-corrected chi connectivity index (χ4v) is 8.25. The van der Waals surface area contributed by atoms with Gasteiger partial charge in [0.25, 0.3) is 0 Å². The van der Waals surface area contributed by atoms with Crippen LogP contribution in [0.25, 0.3) is 11.2 Å². The first-order valence-electron chi connectivity index (χ1n) is 8.19. The molecule has 3 rings (SSSR count). The van der Waals surface area contributed by atoms with Crippen LogP contribution in [0.1, 0.15) is 6.23 Å². The van der Waals surface area contributed by atoms with Crippen molar-refractivity contribution in [1.82, 2.24) is 19.5 Å². The predicted molar refractivity (Wildman–Crippen MR) is 106 cm³/mol. The number of nitrogen functional groups attached to an aromatic ring is 1. The Labute approximate surface area is 178 Å². The van der Waals surface area contributed by atoms with Crippen molar-refractivity contribution in [3.05, 3.63) is 12.7 Å². The van der Waals surface area contributed by atoms with Gasteiger partial charge in [0, 0.05) is 0 Å². The lowest BCUT2D eigenvalue weighted by molar-refractivity contribution is -0.0483. The third-order valence-corrected chi connectivity index (χ3v) is 9.91. The van der Waals surface area contributed by atoms with Gasteiger partial charge in [-0.15, -0.1) is 0 Å². The molecule has 2 aromatic heterocycles. The van der Waals surface area contributed by atoms with E-state index in [1.165, 1.54) is 10.9 Å². The molecule has 20 heteroatoms. The van der Waals surface area contributed by atoms with Crippen LogP contribution in [0.3, 0.4) is 0 Å². The molecule has 0 radical (unpaired) electrons. The van der Waals surface area contributed by atoms with Crippen LogP contribution < -0.4 is 5.73 Å². The summed E-state index contributed by atoms with van der Waals surface area (Å²) < 4.78 is 39.2. The Balaban J connectivity index is 1.69. The molecule has 0 bridgehead atoms. The van der Waals surface area contributed by atoms with Crippen LogP contribution >= 0.6 is 21.9 Å². The Morgan fingerprint density at radius 1 is 1.13 bits per heavy atom. The zero-order valence-corrected chi connectivity index (χ0v) is 18.7. The molecule has 174 valence electrons. The summed E-state index contributed by atoms with van der Waals surface area (Å²) in [6.45, 7) is -5.36. The number of imidazole rings is 1. The highest BCUT2D eigenvalue weighted by Gasteiger charge is 2.46. The smallest absolute Gasteiger partial charge is 0.347 e. The molecule has 31 heavy (non-hydrogen) atoms. The normalized spacial score (nSPS) is 28.5. The number of ether oxygens (including phenoxy) is 1. The quantitative estimate of drug-likeness (QED) is 0.197. The molecule has 1 aliphatic rings. The van der Waals surface area contributed by atoms with Crippen molar-refractivity contribution in [1.29, 1.82) is 0 Å². The third kappa shape index (κ3) is 5.92. The Morgan fingerprint density at radius 2 is 1.81 bits per heavy atom. The summed E-state index contributed by atoms with van der Waals surface area (Å²) in [4.78, 5) is 48.9. The van der Waals surface area contributed by atoms with E-state index in [1.54, 1.807) is 0 Å². The molecule has 8 N–H and O–H groups in total. The number of aromatic nitrogens is 4. The zero-order valence-electron chi connectivity index (χ0n) is 15.2. The lowest BCUT2D eigenvalue weighted by Gasteiger charge is -2.20. The van der Waals surface area contributed by atoms with E-state index < -0.39 is 59.0 Å². The highest BCUT2D eigenvalue weighted by atomic mass is 32.5. The Bertz CT molecular complexity index is 1110. The average molecular weight is 521 g/mol. The molecule has 0 saturated carbocycles. The monoisotopic (exact) mass is 521 g/mol. The number of aliphatic hydroxyl groups excluding tert-OH is 2. The SMILES string of the molecule is Nc1ncnc2c1ncn2[C@@H]1O[C@H](COP(=O)(O)CP(=O)(O)OP(O)(O)=S)C(O)C1O. The second-order valence-corrected chi connectivity index (χ2v) is 13.4. The van der Waals surface area contributed by atoms with Gasteiger partial charge in [0.05, 0.1) is 12.9 Å². The van der Waals surface area contributed by atoms with Gasteiger partial charge >= 0.3 is 21.9 Å². The lowest BCUT2D eigenvalue weighted by Crippen LogP contribution is -2.33. The highest BCUT2D eigenvalue weighted by Crippen LogP contribution is 2.64. The number of anilines is 1. The van der Waals surface area contributed by atoms with Crippen molar-refractivity contribution in [3.63, 3.8) is 0 Å². The molecule has 0 spiro atoms. The fraction of sp³-hybridized carbons (Fsp3) is 0.545. The maximum atomic E-state index is 12.1. The minimum atomic E-state index is -4.99. The summed E-state index contributed by atoms with van der Waals surface area (Å²) in [6.07, 6.45) is -3.27. The van der Waals surface area contributed by atoms with Gasteiger partial charge in [0.15, 0.2) is 23.6 Å². The molecule has 6 atom stereocenters. The topological polar surface area (TPSA) is 253 Å². The van der Waals surface area contributed by atoms with Crippen molar-refractivity contribution >= 4 is 50.7 Å². The minimum Gasteiger partial charge on any atom is -0.387 e. The lowest BCUT2D eigenvalue weighted by atomic mass is 10.1. The standard InChI is InChI=1S/C11H18N5O11P3S/c12-9-6-10(14-2-13-9)16(3-15-6)11-8(18)7(17)5(26-11)1-25-28(19,20)4-29(21,22)27-30(23,24)31/h2-3,5,7-8,11,17-18H,1,4H2,(H,19,20)(H,21,22)(H2,12,13,14)(H2,23,24,31)/t5-,7?,8?,11-/m1/s1. The van der Waals surface area contributed by atoms with Crippen LogP contribution in [0.2, 0.25) is 0 Å². The van der Waals surface area contributed by atoms with Gasteiger partial charge in [0.1, 0.15) is 30.2 Å². The summed E-state index contributed by atoms with van der Waals surface area (Å²) in [6, 6.07) is 0. The van der Waals surface area contributed by atoms with Crippen LogP contribution in [-0.2, 0) is 34.5 Å². The van der Waals surface area contributed by atoms with Crippen molar-refractivity contribution in [2.75, 3.05) is 18.2 Å². The number of nitrogens with zero attached hydrogens (tertiary/aromatic N) is 4. The average Bonchev–Trinajstić information content (AvgIpc) is 3.13. The molecule has 1 fully saturated rings. The second-order valence-electron chi connectivity index (χ2n) is 6.41. The molecule has 3 heterocycles. The first-order chi connectivity index (χ1) is 14.2. The van der Waals surface area contributed by atoms with Crippen LogP contribution in [0.4, 0.5) is 5.82 Å². The molecular formula is C11H18N5O11P3S. The van der Waals surface area contributed by atoms with Crippen molar-refractivity contribution in [2.45, 2.75) is 24.5 Å². The second kappa shape index (κ2) is 8.80. The van der Waals surface area contributed by atoms with Crippen LogP contribution in [0, 0.1) is 0 Å². The molecule has 1 aliphatic heterocycles. The van der Waals surface area contributed by atoms with E-state index in [1.807, 2.05) is 0 Å². The van der Waals surface area contributed by atoms with Crippen LogP contribution in [0.5, 0.6) is 0 Å². The number of hydrogen-bond acceptors (Lipinski definition) is 12. The first-order valence-corrected chi connectivity index (χ1v) is 14.3. The van der Waals surface area contributed by atoms with Gasteiger partial charge in [0.2, 0.25) is 0 Å². The Kier molecular flexibility index (Phi) is 7.02. The van der Waals surface area contributed by atoms with E-state index in [9.17, 15) is 29.1 Å². The Hall–Kier alpha value is -0.900. The maximum Gasteiger partial charge on any atom is 0.347 e. The zero-order chi connectivity index (χ0) is 23.2. The van der Waals surface area contributed by atoms with E-state index in [4.69, 9.17) is 24.8 Å². The molecule has 0 aliphatic carbocycles. The number of nitrogens with two attached hydrogens (primary N) is 1. The summed E-state index contributed by atoms with van der Waals surface area (Å²) >= 11 is 4.05. The molecule has 0 aromatic carbocycles. The molecule has 16 nitrogen and oxygen atoms in total. The van der Waals surface area contributed by atoms with Gasteiger partial charge < -0.3 is 44.8 Å². The van der Waals surface area contributed by atoms with Gasteiger partial charge in [-0.1, -0.05) is 0 Å². The van der Waals surface area contributed by atoms with Gasteiger partial charge in [-0.25, -0.2) is 19.3 Å². The van der Waals surface area contributed by atoms with Gasteiger partial charge in [-0.3, -0.25) is 13.7 Å². The van der Waals surface area contributed by atoms with E-state index in [0.717, 1.165) is 6.33 Å². The van der Waals surface area contributed by atoms with Gasteiger partial charge in [-0.2, -0.15) is 0 Å². The van der Waals surface area contributed by atoms with Crippen LogP contribution in [0.15, 0.2) is 12.7 Å². The van der Waals surface area contributed by atoms with Crippen molar-refractivity contribution < 1.29 is 52.5 Å². The largest absolute Gasteiger partial charge is 0.387 e. The van der Waals surface area contributed by atoms with E-state index >= 15 is 0 Å². The molecular weight excluding hydrogens is 503 g/mol. The third-order valence-electron chi connectivity index (χ3n) is 4.03. The number of fused-ring (bicyclic) bond motifs is 1. The molecule has 4 unspecified atom stereocenters. The van der Waals surface area contributed by atoms with E-state index in [-0.39, 0.29) is 17.0 Å². The highest BCUT2D eigenvalue weighted by molar-refractivity contribution is 8.08. The summed E-state index contributed by atoms with van der Waals surface area (Å²) in [5, 5.41) is 20.5. The van der Waals surface area contributed by atoms with E-state index in [0.29, 0.717) is 0 Å². The first kappa shape index (κ1) is 24.7. The van der Waals surface area contributed by atoms with Crippen molar-refractivity contribution in [3.8, 4) is 0 Å². The maximum absolute atomic E-state index is 12.1. The van der Waals surface area contributed by atoms with Gasteiger partial charge in [-0.05, 0) is 11.8 Å². The summed E-state index contributed by atoms with van der Waals surface area (Å²) in [5.74, 6) is -1.43. The van der Waals surface area contributed by atoms with E-state index in [2.05, 4.69) is 31.1 Å². The van der Waals surface area contributed by atoms with Crippen LogP contribution in [-0.4, -0.2) is 80.1 Å².